The normalized spacial score (nSPS) is 10.6. The molecule has 0 saturated heterocycles. The summed E-state index contributed by atoms with van der Waals surface area (Å²) >= 11 is 2.26. The number of hydrogen-bond donors (Lipinski definition) is 5. The molecular formula is C113H112BIN6O6P4Pd. The monoisotopic (exact) mass is 2020 g/mol. The largest absolute Gasteiger partial charge is 0.497 e. The number of halogens is 1. The maximum Gasteiger partial charge on any atom is 0.488 e. The number of imidazole rings is 1. The molecule has 16 aromatic carbocycles. The number of nitrogens with one attached hydrogen (secondary N) is 2. The molecule has 0 radical (unpaired) electrons. The van der Waals surface area contributed by atoms with Crippen LogP contribution in [0.4, 0.5) is 11.8 Å². The van der Waals surface area contributed by atoms with Crippen molar-refractivity contribution >= 4 is 153 Å². The maximum atomic E-state index is 9.60. The minimum absolute atomic E-state index is 0. The predicted octanol–water partition coefficient (Wildman–Crippen LogP) is 21.0. The summed E-state index contributed by atoms with van der Waals surface area (Å²) in [6.07, 6.45) is 2.57. The zero-order valence-electron chi connectivity index (χ0n) is 74.1. The molecule has 0 saturated carbocycles. The molecule has 0 aliphatic carbocycles. The number of aliphatic hydroxyl groups excluding tert-OH is 1. The first-order valence-electron chi connectivity index (χ1n) is 43.1. The van der Waals surface area contributed by atoms with Gasteiger partial charge >= 0.3 is 7.12 Å². The van der Waals surface area contributed by atoms with E-state index in [0.717, 1.165) is 45.8 Å². The molecule has 5 N–H and O–H groups in total. The van der Waals surface area contributed by atoms with E-state index in [1.807, 2.05) is 47.9 Å². The average Bonchev–Trinajstić information content (AvgIpc) is 1.61. The number of anilines is 2. The van der Waals surface area contributed by atoms with E-state index >= 15 is 0 Å². The van der Waals surface area contributed by atoms with Crippen LogP contribution in [0.3, 0.4) is 0 Å². The van der Waals surface area contributed by atoms with Crippen molar-refractivity contribution in [1.29, 1.82) is 0 Å². The molecule has 0 fully saturated rings. The summed E-state index contributed by atoms with van der Waals surface area (Å²) in [6, 6.07) is 160. The number of methoxy groups -OCH3 is 3. The average molecular weight is 2020 g/mol. The third-order valence-corrected chi connectivity index (χ3v) is 31.0. The van der Waals surface area contributed by atoms with Crippen molar-refractivity contribution in [2.24, 2.45) is 0 Å². The van der Waals surface area contributed by atoms with Crippen molar-refractivity contribution in [2.45, 2.75) is 53.2 Å². The van der Waals surface area contributed by atoms with Crippen LogP contribution in [0.25, 0.3) is 22.3 Å². The summed E-state index contributed by atoms with van der Waals surface area (Å²) in [5, 5.41) is 50.4. The number of hydrogen-bond acceptors (Lipinski definition) is 11. The second-order valence-corrected chi connectivity index (χ2v) is 39.8. The van der Waals surface area contributed by atoms with Crippen LogP contribution in [0.15, 0.2) is 467 Å². The summed E-state index contributed by atoms with van der Waals surface area (Å²) in [7, 11) is 1.71. The van der Waals surface area contributed by atoms with Crippen molar-refractivity contribution < 1.29 is 49.8 Å². The smallest absolute Gasteiger partial charge is 0.488 e. The minimum Gasteiger partial charge on any atom is -0.497 e. The van der Waals surface area contributed by atoms with E-state index < -0.39 is 38.8 Å². The molecule has 2 aromatic heterocycles. The van der Waals surface area contributed by atoms with E-state index in [1.165, 1.54) is 67.2 Å². The molecule has 0 unspecified atom stereocenters. The zero-order valence-corrected chi connectivity index (χ0v) is 81.4. The summed E-state index contributed by atoms with van der Waals surface area (Å²) < 4.78 is 18.3. The Bertz CT molecular complexity index is 5320. The van der Waals surface area contributed by atoms with E-state index in [1.54, 1.807) is 51.9 Å². The molecule has 0 spiro atoms. The zero-order chi connectivity index (χ0) is 90.7. The van der Waals surface area contributed by atoms with Gasteiger partial charge in [0.2, 0.25) is 5.95 Å². The molecule has 0 aliphatic rings. The summed E-state index contributed by atoms with van der Waals surface area (Å²) in [5.41, 5.74) is 5.37. The molecule has 0 aliphatic heterocycles. The third-order valence-electron chi connectivity index (χ3n) is 20.5. The molecule has 1 atom stereocenters. The first-order chi connectivity index (χ1) is 63.9. The Morgan fingerprint density at radius 1 is 0.356 bits per heavy atom. The predicted molar refractivity (Wildman–Crippen MR) is 572 cm³/mol. The Morgan fingerprint density at radius 3 is 0.841 bits per heavy atom. The van der Waals surface area contributed by atoms with Gasteiger partial charge in [-0.25, -0.2) is 4.98 Å². The van der Waals surface area contributed by atoms with Gasteiger partial charge in [0.15, 0.2) is 17.0 Å². The first kappa shape index (κ1) is 102. The van der Waals surface area contributed by atoms with E-state index in [9.17, 15) is 5.11 Å². The Hall–Kier alpha value is -11.9. The van der Waals surface area contributed by atoms with E-state index in [4.69, 9.17) is 24.3 Å². The molecule has 0 amide bonds. The maximum absolute atomic E-state index is 9.60. The fourth-order valence-electron chi connectivity index (χ4n) is 13.8. The van der Waals surface area contributed by atoms with Gasteiger partial charge in [0.25, 0.3) is 0 Å². The number of benzene rings is 16. The van der Waals surface area contributed by atoms with Gasteiger partial charge in [0, 0.05) is 36.6 Å². The molecule has 2 heterocycles. The van der Waals surface area contributed by atoms with Crippen LogP contribution in [0.5, 0.6) is 17.2 Å². The topological polar surface area (TPSA) is 156 Å². The molecule has 18 rings (SSSR count). The fraction of sp³-hybridized carbons (Fsp3) is 0.106. The van der Waals surface area contributed by atoms with Gasteiger partial charge < -0.3 is 44.6 Å². The van der Waals surface area contributed by atoms with Gasteiger partial charge in [-0.05, 0) is 209 Å². The number of aliphatic hydroxyl groups is 1. The van der Waals surface area contributed by atoms with Crippen LogP contribution in [0.1, 0.15) is 46.2 Å². The van der Waals surface area contributed by atoms with Gasteiger partial charge in [-0.2, -0.15) is 9.97 Å². The van der Waals surface area contributed by atoms with Gasteiger partial charge in [-0.1, -0.05) is 427 Å². The van der Waals surface area contributed by atoms with E-state index in [0.29, 0.717) is 29.5 Å². The van der Waals surface area contributed by atoms with Crippen LogP contribution >= 0.6 is 54.3 Å². The SMILES string of the molecule is C.CC[C@H](CO)Nc1nc(NCc2ccc(-c3ccc(OC)cc3)cc2)c2ncn(C(C)C)c2n1.COc1ccc(B(O)O)cc1.COc1ccc(I)cc1.[Pd].c1ccc(P(c2ccccc2)c2ccccc2)cc1.c1ccc(P(c2ccccc2)c2ccccc2)cc1.c1ccc(P(c2ccccc2)c2ccccc2)cc1.c1ccc(P(c2ccccc2)c2ccccc2)cc1. The molecule has 18 aromatic rings. The van der Waals surface area contributed by atoms with Crippen molar-refractivity contribution in [2.75, 3.05) is 38.6 Å². The number of fused-ring (bicyclic) bond motifs is 1. The standard InChI is InChI=1S/C26H32N6O2.4C18H15P.C7H9BO3.C7H7IO.CH4.Pd/c1-5-21(15-33)29-26-30-24(23-25(31-26)32(16-28-23)17(2)3)27-14-18-6-8-19(9-7-18)20-10-12-22(34-4)13-11-20;4*1-4-10-16(11-5-1)19(17-12-6-2-7-13-17)18-14-8-3-9-15-18;1-11-7-4-2-6(3-5-7)8(9)10;1-9-7-4-2-6(8)3-5-7;;/h6-13,16-17,21,33H,5,14-15H2,1-4H3,(H2,27,29,30,31);4*1-15H;2-5,9-10H,1H3;2-5H,1H3;1H4;/t21-;;;;;;;;/m1......../s1. The molecule has 132 heavy (non-hydrogen) atoms. The summed E-state index contributed by atoms with van der Waals surface area (Å²) in [6.45, 7) is 6.82. The third kappa shape index (κ3) is 31.1. The second kappa shape index (κ2) is 56.1. The van der Waals surface area contributed by atoms with Crippen LogP contribution < -0.4 is 94.0 Å². The van der Waals surface area contributed by atoms with E-state index in [-0.39, 0.29) is 46.5 Å². The Balaban J connectivity index is 0.000000165. The minimum atomic E-state index is -1.40. The van der Waals surface area contributed by atoms with Crippen molar-refractivity contribution in [3.63, 3.8) is 0 Å². The Kier molecular flexibility index (Phi) is 43.5. The Morgan fingerprint density at radius 2 is 0.606 bits per heavy atom. The van der Waals surface area contributed by atoms with Gasteiger partial charge in [0.05, 0.1) is 40.3 Å². The molecular weight excluding hydrogens is 1910 g/mol. The van der Waals surface area contributed by atoms with E-state index in [2.05, 4.69) is 462 Å². The van der Waals surface area contributed by atoms with Crippen molar-refractivity contribution in [3.8, 4) is 28.4 Å². The molecule has 670 valence electrons. The Labute approximate surface area is 812 Å². The summed E-state index contributed by atoms with van der Waals surface area (Å²) in [5.74, 6) is 3.61. The number of rotatable bonds is 25. The quantitative estimate of drug-likeness (QED) is 0.0211. The van der Waals surface area contributed by atoms with Crippen LogP contribution in [-0.4, -0.2) is 75.8 Å². The first-order valence-corrected chi connectivity index (χ1v) is 49.5. The van der Waals surface area contributed by atoms with Crippen LogP contribution in [-0.2, 0) is 27.0 Å². The molecule has 19 heteroatoms. The number of nitrogens with zero attached hydrogens (tertiary/aromatic N) is 4. The van der Waals surface area contributed by atoms with Crippen LogP contribution in [0, 0.1) is 3.57 Å². The number of ether oxygens (including phenoxy) is 3. The fourth-order valence-corrected chi connectivity index (χ4v) is 23.4. The number of aromatic nitrogens is 4. The summed E-state index contributed by atoms with van der Waals surface area (Å²) in [4.78, 5) is 13.9. The van der Waals surface area contributed by atoms with Gasteiger partial charge in [0.1, 0.15) is 17.2 Å². The van der Waals surface area contributed by atoms with Gasteiger partial charge in [-0.3, -0.25) is 0 Å². The van der Waals surface area contributed by atoms with Gasteiger partial charge in [-0.15, -0.1) is 0 Å². The van der Waals surface area contributed by atoms with Crippen molar-refractivity contribution in [1.82, 2.24) is 19.5 Å². The van der Waals surface area contributed by atoms with Crippen LogP contribution in [0.2, 0.25) is 0 Å². The molecule has 12 nitrogen and oxygen atoms in total. The second-order valence-electron chi connectivity index (χ2n) is 29.7. The van der Waals surface area contributed by atoms with Crippen molar-refractivity contribution in [3.05, 3.63) is 477 Å². The molecule has 0 bridgehead atoms.